The van der Waals surface area contributed by atoms with Crippen LogP contribution in [0.2, 0.25) is 0 Å². The minimum absolute atomic E-state index is 0.000560. The zero-order chi connectivity index (χ0) is 24.9. The summed E-state index contributed by atoms with van der Waals surface area (Å²) in [5, 5.41) is 15.1. The predicted molar refractivity (Wildman–Crippen MR) is 135 cm³/mol. The molecule has 0 aliphatic heterocycles. The largest absolute Gasteiger partial charge is 0.491 e. The summed E-state index contributed by atoms with van der Waals surface area (Å²) in [6.07, 6.45) is -0.0370. The smallest absolute Gasteiger partial charge is 0.329 e. The van der Waals surface area contributed by atoms with Gasteiger partial charge in [0.2, 0.25) is 5.95 Å². The third-order valence-corrected chi connectivity index (χ3v) is 5.69. The Morgan fingerprint density at radius 3 is 2.57 bits per heavy atom. The molecule has 0 saturated carbocycles. The van der Waals surface area contributed by atoms with Gasteiger partial charge in [-0.05, 0) is 36.6 Å². The molecule has 182 valence electrons. The van der Waals surface area contributed by atoms with Crippen molar-refractivity contribution in [1.82, 2.24) is 19.1 Å². The first-order chi connectivity index (χ1) is 16.9. The molecule has 10 nitrogen and oxygen atoms in total. The zero-order valence-corrected chi connectivity index (χ0v) is 19.9. The SMILES string of the molecule is CCc1ccc(OC[C@@H](O)Cn2c(N/N=C(/C)c3ccccc3)nc3c2c(=O)[nH]c(=O)n3C)cc1. The lowest BCUT2D eigenvalue weighted by Gasteiger charge is -2.15. The van der Waals surface area contributed by atoms with Crippen molar-refractivity contribution < 1.29 is 9.84 Å². The maximum Gasteiger partial charge on any atom is 0.329 e. The number of H-pyrrole nitrogens is 1. The summed E-state index contributed by atoms with van der Waals surface area (Å²) in [4.78, 5) is 31.5. The number of hydrazone groups is 1. The van der Waals surface area contributed by atoms with Gasteiger partial charge in [0.25, 0.3) is 5.56 Å². The molecular weight excluding hydrogens is 448 g/mol. The van der Waals surface area contributed by atoms with E-state index in [1.54, 1.807) is 0 Å². The molecule has 35 heavy (non-hydrogen) atoms. The second-order valence-corrected chi connectivity index (χ2v) is 8.17. The van der Waals surface area contributed by atoms with E-state index in [9.17, 15) is 14.7 Å². The van der Waals surface area contributed by atoms with Gasteiger partial charge in [-0.15, -0.1) is 0 Å². The van der Waals surface area contributed by atoms with Crippen LogP contribution in [-0.2, 0) is 20.0 Å². The van der Waals surface area contributed by atoms with Crippen molar-refractivity contribution in [3.63, 3.8) is 0 Å². The van der Waals surface area contributed by atoms with Crippen molar-refractivity contribution in [1.29, 1.82) is 0 Å². The van der Waals surface area contributed by atoms with Gasteiger partial charge in [-0.1, -0.05) is 49.4 Å². The zero-order valence-electron chi connectivity index (χ0n) is 19.9. The number of fused-ring (bicyclic) bond motifs is 1. The minimum Gasteiger partial charge on any atom is -0.491 e. The molecule has 3 N–H and O–H groups in total. The summed E-state index contributed by atoms with van der Waals surface area (Å²) in [5.41, 5.74) is 4.83. The highest BCUT2D eigenvalue weighted by Gasteiger charge is 2.20. The summed E-state index contributed by atoms with van der Waals surface area (Å²) in [7, 11) is 1.51. The van der Waals surface area contributed by atoms with Crippen molar-refractivity contribution in [3.05, 3.63) is 86.6 Å². The number of ether oxygens (including phenoxy) is 1. The highest BCUT2D eigenvalue weighted by molar-refractivity contribution is 5.99. The number of nitrogens with zero attached hydrogens (tertiary/aromatic N) is 4. The topological polar surface area (TPSA) is 127 Å². The lowest BCUT2D eigenvalue weighted by atomic mass is 10.1. The Hall–Kier alpha value is -4.18. The van der Waals surface area contributed by atoms with E-state index in [2.05, 4.69) is 27.4 Å². The number of aromatic amines is 1. The molecule has 0 radical (unpaired) electrons. The van der Waals surface area contributed by atoms with Gasteiger partial charge in [0.15, 0.2) is 11.2 Å². The van der Waals surface area contributed by atoms with E-state index in [-0.39, 0.29) is 30.3 Å². The number of aliphatic hydroxyl groups is 1. The number of aryl methyl sites for hydroxylation is 2. The third kappa shape index (κ3) is 5.33. The molecular formula is C25H28N6O4. The average molecular weight is 477 g/mol. The Kier molecular flexibility index (Phi) is 7.11. The number of benzene rings is 2. The fraction of sp³-hybridized carbons (Fsp3) is 0.280. The normalized spacial score (nSPS) is 12.6. The quantitative estimate of drug-likeness (QED) is 0.251. The van der Waals surface area contributed by atoms with Gasteiger partial charge < -0.3 is 14.4 Å². The third-order valence-electron chi connectivity index (χ3n) is 5.69. The van der Waals surface area contributed by atoms with Crippen LogP contribution in [0.1, 0.15) is 25.0 Å². The first kappa shape index (κ1) is 24.0. The molecule has 0 fully saturated rings. The Balaban J connectivity index is 1.62. The monoisotopic (exact) mass is 476 g/mol. The second-order valence-electron chi connectivity index (χ2n) is 8.17. The van der Waals surface area contributed by atoms with Crippen LogP contribution in [0.15, 0.2) is 69.3 Å². The molecule has 2 aromatic heterocycles. The molecule has 10 heteroatoms. The lowest BCUT2D eigenvalue weighted by Crippen LogP contribution is -2.30. The van der Waals surface area contributed by atoms with Crippen LogP contribution < -0.4 is 21.4 Å². The number of hydrogen-bond donors (Lipinski definition) is 3. The number of nitrogens with one attached hydrogen (secondary N) is 2. The van der Waals surface area contributed by atoms with Crippen molar-refractivity contribution in [2.45, 2.75) is 32.9 Å². The van der Waals surface area contributed by atoms with E-state index in [1.807, 2.05) is 61.5 Å². The molecule has 0 aliphatic carbocycles. The Morgan fingerprint density at radius 1 is 1.17 bits per heavy atom. The Labute approximate surface area is 201 Å². The van der Waals surface area contributed by atoms with Gasteiger partial charge in [-0.2, -0.15) is 10.1 Å². The molecule has 0 aliphatic rings. The number of rotatable bonds is 9. The maximum absolute atomic E-state index is 12.7. The highest BCUT2D eigenvalue weighted by Crippen LogP contribution is 2.18. The fourth-order valence-electron chi connectivity index (χ4n) is 3.65. The number of aromatic nitrogens is 4. The number of hydrogen-bond acceptors (Lipinski definition) is 7. The summed E-state index contributed by atoms with van der Waals surface area (Å²) < 4.78 is 8.47. The maximum atomic E-state index is 12.7. The summed E-state index contributed by atoms with van der Waals surface area (Å²) in [5.74, 6) is 0.853. The van der Waals surface area contributed by atoms with Crippen LogP contribution in [0.3, 0.4) is 0 Å². The molecule has 2 aromatic carbocycles. The van der Waals surface area contributed by atoms with Gasteiger partial charge in [-0.3, -0.25) is 14.3 Å². The number of anilines is 1. The minimum atomic E-state index is -0.963. The summed E-state index contributed by atoms with van der Waals surface area (Å²) in [6.45, 7) is 3.90. The van der Waals surface area contributed by atoms with E-state index in [0.29, 0.717) is 11.5 Å². The highest BCUT2D eigenvalue weighted by atomic mass is 16.5. The number of imidazole rings is 1. The van der Waals surface area contributed by atoms with Crippen molar-refractivity contribution in [2.24, 2.45) is 12.1 Å². The van der Waals surface area contributed by atoms with E-state index in [4.69, 9.17) is 4.74 Å². The van der Waals surface area contributed by atoms with Gasteiger partial charge in [0, 0.05) is 7.05 Å². The van der Waals surface area contributed by atoms with Gasteiger partial charge in [0.1, 0.15) is 18.5 Å². The second kappa shape index (κ2) is 10.4. The first-order valence-electron chi connectivity index (χ1n) is 11.3. The lowest BCUT2D eigenvalue weighted by molar-refractivity contribution is 0.0938. The Bertz CT molecular complexity index is 1450. The molecule has 4 rings (SSSR count). The molecule has 0 spiro atoms. The van der Waals surface area contributed by atoms with Crippen LogP contribution in [-0.4, -0.2) is 42.6 Å². The van der Waals surface area contributed by atoms with Crippen LogP contribution in [0.25, 0.3) is 11.2 Å². The Morgan fingerprint density at radius 2 is 1.89 bits per heavy atom. The molecule has 0 unspecified atom stereocenters. The molecule has 4 aromatic rings. The molecule has 1 atom stereocenters. The standard InChI is InChI=1S/C25H28N6O4/c1-4-17-10-12-20(13-11-17)35-15-19(32)14-31-21-22(30(3)25(34)27-23(21)33)26-24(31)29-28-16(2)18-8-6-5-7-9-18/h5-13,19,32H,4,14-15H2,1-3H3,(H,26,29)(H,27,33,34)/b28-16-/t19-/m0/s1. The van der Waals surface area contributed by atoms with Crippen LogP contribution in [0.4, 0.5) is 5.95 Å². The molecule has 0 saturated heterocycles. The van der Waals surface area contributed by atoms with Gasteiger partial charge >= 0.3 is 5.69 Å². The van der Waals surface area contributed by atoms with Gasteiger partial charge in [0.05, 0.1) is 12.3 Å². The van der Waals surface area contributed by atoms with Crippen molar-refractivity contribution >= 4 is 22.8 Å². The van der Waals surface area contributed by atoms with Crippen LogP contribution >= 0.6 is 0 Å². The predicted octanol–water partition coefficient (Wildman–Crippen LogP) is 2.26. The summed E-state index contributed by atoms with van der Waals surface area (Å²) >= 11 is 0. The average Bonchev–Trinajstić information content (AvgIpc) is 3.24. The fourth-order valence-corrected chi connectivity index (χ4v) is 3.65. The first-order valence-corrected chi connectivity index (χ1v) is 11.3. The molecule has 2 heterocycles. The van der Waals surface area contributed by atoms with Crippen molar-refractivity contribution in [3.8, 4) is 5.75 Å². The van der Waals surface area contributed by atoms with Crippen molar-refractivity contribution in [2.75, 3.05) is 12.0 Å². The van der Waals surface area contributed by atoms with Crippen LogP contribution in [0, 0.1) is 0 Å². The summed E-state index contributed by atoms with van der Waals surface area (Å²) in [6, 6.07) is 17.2. The van der Waals surface area contributed by atoms with E-state index < -0.39 is 17.4 Å². The van der Waals surface area contributed by atoms with Crippen LogP contribution in [0.5, 0.6) is 5.75 Å². The van der Waals surface area contributed by atoms with E-state index in [0.717, 1.165) is 12.0 Å². The van der Waals surface area contributed by atoms with Gasteiger partial charge in [-0.25, -0.2) is 10.2 Å². The van der Waals surface area contributed by atoms with E-state index >= 15 is 0 Å². The molecule has 0 amide bonds. The van der Waals surface area contributed by atoms with E-state index in [1.165, 1.54) is 21.7 Å². The number of aliphatic hydroxyl groups excluding tert-OH is 1. The molecule has 0 bridgehead atoms.